The minimum atomic E-state index is 0.0984. The number of nitrogens with two attached hydrogens (primary N) is 1. The highest BCUT2D eigenvalue weighted by Crippen LogP contribution is 2.25. The molecule has 0 amide bonds. The molecule has 76 valence electrons. The molecule has 3 N–H and O–H groups in total. The van der Waals surface area contributed by atoms with Crippen LogP contribution in [0.3, 0.4) is 0 Å². The van der Waals surface area contributed by atoms with Crippen molar-refractivity contribution in [2.45, 2.75) is 24.0 Å². The topological polar surface area (TPSA) is 71.5 Å². The summed E-state index contributed by atoms with van der Waals surface area (Å²) in [6.07, 6.45) is 3.29. The fraction of sp³-hybridized carbons (Fsp3) is 0.333. The summed E-state index contributed by atoms with van der Waals surface area (Å²) < 4.78 is 0. The second-order valence-corrected chi connectivity index (χ2v) is 4.64. The first kappa shape index (κ1) is 10.8. The normalized spacial score (nSPS) is 12.1. The number of amidine groups is 1. The molecule has 0 aliphatic rings. The van der Waals surface area contributed by atoms with Crippen LogP contribution in [0.1, 0.15) is 19.4 Å². The van der Waals surface area contributed by atoms with Gasteiger partial charge in [-0.2, -0.15) is 0 Å². The Hall–Kier alpha value is -1.23. The summed E-state index contributed by atoms with van der Waals surface area (Å²) >= 11 is 1.66. The van der Waals surface area contributed by atoms with Crippen LogP contribution in [0.25, 0.3) is 0 Å². The van der Waals surface area contributed by atoms with E-state index in [2.05, 4.69) is 24.0 Å². The lowest BCUT2D eigenvalue weighted by atomic mass is 10.3. The van der Waals surface area contributed by atoms with Gasteiger partial charge in [-0.15, -0.1) is 11.8 Å². The zero-order valence-electron chi connectivity index (χ0n) is 8.14. The third kappa shape index (κ3) is 2.63. The Morgan fingerprint density at radius 2 is 2.36 bits per heavy atom. The smallest absolute Gasteiger partial charge is 0.172 e. The molecule has 0 aliphatic heterocycles. The van der Waals surface area contributed by atoms with Gasteiger partial charge >= 0.3 is 0 Å². The molecule has 0 aromatic carbocycles. The molecule has 4 nitrogen and oxygen atoms in total. The summed E-state index contributed by atoms with van der Waals surface area (Å²) in [6, 6.07) is 1.86. The van der Waals surface area contributed by atoms with Gasteiger partial charge in [0.1, 0.15) is 0 Å². The van der Waals surface area contributed by atoms with E-state index in [1.54, 1.807) is 24.2 Å². The number of hydrogen-bond donors (Lipinski definition) is 2. The van der Waals surface area contributed by atoms with Crippen molar-refractivity contribution in [3.05, 3.63) is 24.0 Å². The minimum absolute atomic E-state index is 0.0984. The molecule has 0 radical (unpaired) electrons. The molecule has 0 fully saturated rings. The van der Waals surface area contributed by atoms with E-state index in [-0.39, 0.29) is 5.84 Å². The van der Waals surface area contributed by atoms with Crippen LogP contribution in [0.15, 0.2) is 28.5 Å². The van der Waals surface area contributed by atoms with Gasteiger partial charge in [-0.3, -0.25) is 4.98 Å². The molecule has 5 heteroatoms. The van der Waals surface area contributed by atoms with Crippen molar-refractivity contribution in [2.24, 2.45) is 10.9 Å². The van der Waals surface area contributed by atoms with E-state index in [1.165, 1.54) is 0 Å². The molecule has 0 bridgehead atoms. The standard InChI is InChI=1S/C9H13N3OS/c1-6(2)14-8-3-4-11-5-7(8)9(10)12-13/h3-6,13H,1-2H3,(H2,10,12). The Bertz CT molecular complexity index is 339. The van der Waals surface area contributed by atoms with E-state index < -0.39 is 0 Å². The van der Waals surface area contributed by atoms with Gasteiger partial charge in [0, 0.05) is 22.5 Å². The fourth-order valence-electron chi connectivity index (χ4n) is 0.985. The summed E-state index contributed by atoms with van der Waals surface area (Å²) in [5, 5.41) is 12.0. The third-order valence-electron chi connectivity index (χ3n) is 1.53. The molecule has 0 saturated heterocycles. The van der Waals surface area contributed by atoms with Crippen LogP contribution in [0.5, 0.6) is 0 Å². The largest absolute Gasteiger partial charge is 0.409 e. The Morgan fingerprint density at radius 1 is 1.64 bits per heavy atom. The molecule has 14 heavy (non-hydrogen) atoms. The van der Waals surface area contributed by atoms with Gasteiger partial charge < -0.3 is 10.9 Å². The van der Waals surface area contributed by atoms with Crippen LogP contribution in [0.2, 0.25) is 0 Å². The molecular formula is C9H13N3OS. The summed E-state index contributed by atoms with van der Waals surface area (Å²) in [4.78, 5) is 4.91. The van der Waals surface area contributed by atoms with E-state index in [0.717, 1.165) is 4.90 Å². The number of pyridine rings is 1. The van der Waals surface area contributed by atoms with E-state index in [0.29, 0.717) is 10.8 Å². The van der Waals surface area contributed by atoms with Crippen LogP contribution in [0, 0.1) is 0 Å². The number of oxime groups is 1. The Kier molecular flexibility index (Phi) is 3.76. The average molecular weight is 211 g/mol. The lowest BCUT2D eigenvalue weighted by molar-refractivity contribution is 0.318. The van der Waals surface area contributed by atoms with Gasteiger partial charge in [-0.25, -0.2) is 0 Å². The predicted octanol–water partition coefficient (Wildman–Crippen LogP) is 1.68. The zero-order valence-corrected chi connectivity index (χ0v) is 8.95. The van der Waals surface area contributed by atoms with E-state index in [9.17, 15) is 0 Å². The third-order valence-corrected chi connectivity index (χ3v) is 2.61. The monoisotopic (exact) mass is 211 g/mol. The van der Waals surface area contributed by atoms with Gasteiger partial charge in [0.2, 0.25) is 0 Å². The summed E-state index contributed by atoms with van der Waals surface area (Å²) in [7, 11) is 0. The number of rotatable bonds is 3. The second-order valence-electron chi connectivity index (χ2n) is 3.02. The highest BCUT2D eigenvalue weighted by molar-refractivity contribution is 8.00. The highest BCUT2D eigenvalue weighted by atomic mass is 32.2. The quantitative estimate of drug-likeness (QED) is 0.262. The first-order chi connectivity index (χ1) is 6.65. The van der Waals surface area contributed by atoms with Crippen molar-refractivity contribution in [2.75, 3.05) is 0 Å². The number of thioether (sulfide) groups is 1. The van der Waals surface area contributed by atoms with Crippen LogP contribution < -0.4 is 5.73 Å². The number of nitrogens with zero attached hydrogens (tertiary/aromatic N) is 2. The van der Waals surface area contributed by atoms with Crippen molar-refractivity contribution in [1.82, 2.24) is 4.98 Å². The summed E-state index contributed by atoms with van der Waals surface area (Å²) in [6.45, 7) is 4.17. The Labute approximate surface area is 87.2 Å². The van der Waals surface area contributed by atoms with Crippen LogP contribution >= 0.6 is 11.8 Å². The molecule has 0 spiro atoms. The van der Waals surface area contributed by atoms with Crippen LogP contribution in [-0.4, -0.2) is 21.3 Å². The maximum absolute atomic E-state index is 8.57. The first-order valence-electron chi connectivity index (χ1n) is 4.23. The van der Waals surface area contributed by atoms with Gasteiger partial charge in [0.25, 0.3) is 0 Å². The van der Waals surface area contributed by atoms with E-state index >= 15 is 0 Å². The fourth-order valence-corrected chi connectivity index (χ4v) is 1.92. The highest BCUT2D eigenvalue weighted by Gasteiger charge is 2.08. The molecule has 1 aromatic heterocycles. The molecule has 1 aromatic rings. The molecule has 0 atom stereocenters. The summed E-state index contributed by atoms with van der Waals surface area (Å²) in [5.41, 5.74) is 6.19. The van der Waals surface area contributed by atoms with Crippen LogP contribution in [0.4, 0.5) is 0 Å². The van der Waals surface area contributed by atoms with Crippen molar-refractivity contribution in [3.8, 4) is 0 Å². The van der Waals surface area contributed by atoms with Crippen LogP contribution in [-0.2, 0) is 0 Å². The van der Waals surface area contributed by atoms with E-state index in [4.69, 9.17) is 10.9 Å². The Balaban J connectivity index is 3.03. The molecule has 0 unspecified atom stereocenters. The van der Waals surface area contributed by atoms with Crippen molar-refractivity contribution < 1.29 is 5.21 Å². The number of aromatic nitrogens is 1. The zero-order chi connectivity index (χ0) is 10.6. The molecule has 1 heterocycles. The van der Waals surface area contributed by atoms with E-state index in [1.807, 2.05) is 6.07 Å². The summed E-state index contributed by atoms with van der Waals surface area (Å²) in [5.74, 6) is 0.0984. The molecule has 1 rings (SSSR count). The predicted molar refractivity (Wildman–Crippen MR) is 57.7 cm³/mol. The molecule has 0 aliphatic carbocycles. The number of hydrogen-bond acceptors (Lipinski definition) is 4. The van der Waals surface area contributed by atoms with Gasteiger partial charge in [-0.1, -0.05) is 19.0 Å². The average Bonchev–Trinajstić information content (AvgIpc) is 2.16. The van der Waals surface area contributed by atoms with Gasteiger partial charge in [0.05, 0.1) is 5.56 Å². The molecule has 0 saturated carbocycles. The van der Waals surface area contributed by atoms with Crippen molar-refractivity contribution in [1.29, 1.82) is 0 Å². The van der Waals surface area contributed by atoms with Crippen molar-refractivity contribution >= 4 is 17.6 Å². The Morgan fingerprint density at radius 3 is 2.93 bits per heavy atom. The lowest BCUT2D eigenvalue weighted by Gasteiger charge is -2.08. The molecular weight excluding hydrogens is 198 g/mol. The SMILES string of the molecule is CC(C)Sc1ccncc1/C(N)=N/O. The second kappa shape index (κ2) is 4.85. The lowest BCUT2D eigenvalue weighted by Crippen LogP contribution is -2.14. The van der Waals surface area contributed by atoms with Gasteiger partial charge in [0.15, 0.2) is 5.84 Å². The first-order valence-corrected chi connectivity index (χ1v) is 5.11. The van der Waals surface area contributed by atoms with Crippen molar-refractivity contribution in [3.63, 3.8) is 0 Å². The maximum atomic E-state index is 8.57. The minimum Gasteiger partial charge on any atom is -0.409 e. The van der Waals surface area contributed by atoms with Gasteiger partial charge in [-0.05, 0) is 6.07 Å². The maximum Gasteiger partial charge on any atom is 0.172 e.